The number of amides is 2. The number of aromatic nitrogens is 6. The second-order valence-corrected chi connectivity index (χ2v) is 32.7. The summed E-state index contributed by atoms with van der Waals surface area (Å²) in [6.45, 7) is 14.1. The van der Waals surface area contributed by atoms with E-state index in [1.165, 1.54) is 45.2 Å². The second kappa shape index (κ2) is 40.7. The van der Waals surface area contributed by atoms with E-state index in [1.54, 1.807) is 52.3 Å². The molecule has 0 bridgehead atoms. The highest BCUT2D eigenvalue weighted by molar-refractivity contribution is 7.99. The van der Waals surface area contributed by atoms with E-state index in [4.69, 9.17) is 16.7 Å². The molecule has 0 spiro atoms. The van der Waals surface area contributed by atoms with E-state index < -0.39 is 41.5 Å². The summed E-state index contributed by atoms with van der Waals surface area (Å²) in [5, 5.41) is 46.7. The number of rotatable bonds is 24. The number of fused-ring (bicyclic) bond motifs is 7. The van der Waals surface area contributed by atoms with Gasteiger partial charge in [-0.05, 0) is 178 Å². The van der Waals surface area contributed by atoms with Crippen LogP contribution in [0.1, 0.15) is 151 Å². The summed E-state index contributed by atoms with van der Waals surface area (Å²) in [6, 6.07) is 34.2. The summed E-state index contributed by atoms with van der Waals surface area (Å²) >= 11 is 9.73. The topological polar surface area (TPSA) is 288 Å². The minimum atomic E-state index is -0.987. The molecule has 2 aromatic heterocycles. The van der Waals surface area contributed by atoms with Gasteiger partial charge in [0.05, 0.1) is 18.7 Å². The van der Waals surface area contributed by atoms with E-state index in [0.29, 0.717) is 73.4 Å². The number of allylic oxidation sites excluding steroid dienone is 1. The van der Waals surface area contributed by atoms with Crippen molar-refractivity contribution in [1.82, 2.24) is 49.7 Å². The molecule has 3 saturated carbocycles. The fourth-order valence-electron chi connectivity index (χ4n) is 16.6. The molecule has 10 atom stereocenters. The number of carbonyl (C=O) groups is 6. The molecule has 2 amide bonds. The number of Topliss-reactive ketones (excluding diaryl/α,β-unsaturated/α-hetero) is 1. The number of likely N-dealkylation sites (N-methyl/N-ethyl adjacent to an activating group) is 1. The molecule has 588 valence electrons. The molecule has 23 nitrogen and oxygen atoms in total. The van der Waals surface area contributed by atoms with Gasteiger partial charge in [-0.1, -0.05) is 118 Å². The van der Waals surface area contributed by atoms with Gasteiger partial charge in [0, 0.05) is 137 Å². The number of nitrogens with zero attached hydrogens (tertiary/aromatic N) is 13. The molecule has 6 aromatic rings. The number of aliphatic hydroxyl groups is 2. The number of hydrogen-bond donors (Lipinski definition) is 4. The quantitative estimate of drug-likeness (QED) is 0.0323. The predicted molar refractivity (Wildman–Crippen MR) is 431 cm³/mol. The Balaban J connectivity index is 0.000000173. The number of unbranched alkanes of at least 4 members (excludes halogenated alkanes) is 1. The van der Waals surface area contributed by atoms with Crippen molar-refractivity contribution in [1.29, 1.82) is 5.26 Å². The SMILES string of the molecule is CCCCC(C#N)(Cn1cncn1)c1ccc(Cl)cc1.CCCN(CCC)C(=O)C(CCC(=O)O)NC(=O)c1ccccc1.CN(C)c1nc(N(C)C)nc(N(C)C)n1.CSc1ccc2c(c1)C(N1CCN(C)CC1)Cc1ccccc1S2.C[C@]12CCC(=O)C=C1CC[C@@H]1[C@@H]2[C@@H](O)C[C@]2(C=O)[C@@H](C(=O)CO)CC[C@@H]12. The molecule has 6 aliphatic rings. The summed E-state index contributed by atoms with van der Waals surface area (Å²) in [5.74, 6) is 0.178. The van der Waals surface area contributed by atoms with Crippen molar-refractivity contribution in [3.05, 3.63) is 149 Å². The number of carboxylic acid groups (broad SMARTS) is 1. The highest BCUT2D eigenvalue weighted by atomic mass is 35.5. The maximum atomic E-state index is 12.7. The van der Waals surface area contributed by atoms with Crippen LogP contribution in [0.2, 0.25) is 5.02 Å². The molecule has 4 heterocycles. The summed E-state index contributed by atoms with van der Waals surface area (Å²) in [4.78, 5) is 106. The zero-order valence-electron chi connectivity index (χ0n) is 65.7. The third-order valence-corrected chi connectivity index (χ3v) is 24.5. The number of nitriles is 1. The third-order valence-electron chi connectivity index (χ3n) is 22.3. The lowest BCUT2D eigenvalue weighted by molar-refractivity contribution is -0.157. The van der Waals surface area contributed by atoms with E-state index >= 15 is 0 Å². The lowest BCUT2D eigenvalue weighted by Crippen LogP contribution is -2.58. The van der Waals surface area contributed by atoms with Crippen LogP contribution < -0.4 is 20.0 Å². The van der Waals surface area contributed by atoms with Gasteiger partial charge in [-0.3, -0.25) is 33.6 Å². The van der Waals surface area contributed by atoms with Crippen molar-refractivity contribution >= 4 is 88.6 Å². The van der Waals surface area contributed by atoms with Crippen LogP contribution >= 0.6 is 35.1 Å². The Morgan fingerprint density at radius 1 is 0.844 bits per heavy atom. The van der Waals surface area contributed by atoms with Crippen molar-refractivity contribution < 1.29 is 44.1 Å². The van der Waals surface area contributed by atoms with Crippen LogP contribution in [0.5, 0.6) is 0 Å². The summed E-state index contributed by atoms with van der Waals surface area (Å²) in [5.41, 5.74) is 3.99. The van der Waals surface area contributed by atoms with Crippen LogP contribution in [-0.4, -0.2) is 209 Å². The van der Waals surface area contributed by atoms with Crippen molar-refractivity contribution in [3.8, 4) is 6.07 Å². The number of hydrogen-bond acceptors (Lipinski definition) is 21. The molecular weight excluding hydrogens is 1440 g/mol. The van der Waals surface area contributed by atoms with Crippen molar-refractivity contribution in [2.24, 2.45) is 34.5 Å². The van der Waals surface area contributed by atoms with Crippen LogP contribution in [-0.2, 0) is 42.4 Å². The van der Waals surface area contributed by atoms with Crippen LogP contribution in [0, 0.1) is 45.8 Å². The molecular formula is C83H113ClN14O9S2. The number of carboxylic acids is 1. The van der Waals surface area contributed by atoms with Crippen LogP contribution in [0.3, 0.4) is 0 Å². The van der Waals surface area contributed by atoms with Crippen molar-refractivity contribution in [2.75, 3.05) is 116 Å². The minimum absolute atomic E-state index is 0.0386. The number of thioether (sulfide) groups is 1. The second-order valence-electron chi connectivity index (χ2n) is 30.3. The summed E-state index contributed by atoms with van der Waals surface area (Å²) in [7, 11) is 13.7. The number of piperazine rings is 1. The summed E-state index contributed by atoms with van der Waals surface area (Å²) < 4.78 is 1.72. The van der Waals surface area contributed by atoms with Gasteiger partial charge < -0.3 is 49.9 Å². The average Bonchev–Trinajstić information content (AvgIpc) is 1.66. The molecule has 0 radical (unpaired) electrons. The van der Waals surface area contributed by atoms with Crippen LogP contribution in [0.4, 0.5) is 17.8 Å². The first-order valence-electron chi connectivity index (χ1n) is 38.2. The van der Waals surface area contributed by atoms with Gasteiger partial charge in [-0.15, -0.1) is 11.8 Å². The Labute approximate surface area is 658 Å². The number of anilines is 3. The van der Waals surface area contributed by atoms with Crippen LogP contribution in [0.25, 0.3) is 0 Å². The van der Waals surface area contributed by atoms with E-state index in [2.05, 4.69) is 116 Å². The molecule has 109 heavy (non-hydrogen) atoms. The average molecular weight is 1550 g/mol. The monoisotopic (exact) mass is 1550 g/mol. The molecule has 12 rings (SSSR count). The molecule has 4 aliphatic carbocycles. The number of ketones is 2. The Morgan fingerprint density at radius 2 is 1.49 bits per heavy atom. The number of nitrogens with one attached hydrogen (secondary N) is 1. The van der Waals surface area contributed by atoms with Gasteiger partial charge in [-0.25, -0.2) is 4.98 Å². The number of aliphatic hydroxyl groups excluding tert-OH is 2. The fraction of sp³-hybridized carbons (Fsp3) is 0.542. The van der Waals surface area contributed by atoms with Gasteiger partial charge in [-0.2, -0.15) is 25.3 Å². The predicted octanol–water partition coefficient (Wildman–Crippen LogP) is 12.2. The number of carbonyl (C=O) groups excluding carboxylic acids is 5. The van der Waals surface area contributed by atoms with Gasteiger partial charge in [0.1, 0.15) is 37.0 Å². The van der Waals surface area contributed by atoms with Gasteiger partial charge >= 0.3 is 5.97 Å². The molecule has 2 aliphatic heterocycles. The zero-order chi connectivity index (χ0) is 79.2. The smallest absolute Gasteiger partial charge is 0.303 e. The van der Waals surface area contributed by atoms with Gasteiger partial charge in [0.25, 0.3) is 5.91 Å². The molecule has 3 unspecified atom stereocenters. The molecule has 1 saturated heterocycles. The number of aldehydes is 1. The summed E-state index contributed by atoms with van der Waals surface area (Å²) in [6.07, 6.45) is 17.5. The maximum Gasteiger partial charge on any atom is 0.303 e. The normalized spacial score (nSPS) is 22.6. The zero-order valence-corrected chi connectivity index (χ0v) is 68.0. The lowest BCUT2D eigenvalue weighted by Gasteiger charge is -2.59. The largest absolute Gasteiger partial charge is 0.481 e. The van der Waals surface area contributed by atoms with E-state index in [1.807, 2.05) is 119 Å². The molecule has 4 fully saturated rings. The number of benzene rings is 4. The number of aliphatic carboxylic acids is 1. The molecule has 4 N–H and O–H groups in total. The van der Waals surface area contributed by atoms with Gasteiger partial charge in [0.15, 0.2) is 11.6 Å². The third kappa shape index (κ3) is 21.9. The highest BCUT2D eigenvalue weighted by Crippen LogP contribution is 2.66. The van der Waals surface area contributed by atoms with E-state index in [-0.39, 0.29) is 59.4 Å². The Kier molecular flexibility index (Phi) is 32.3. The number of halogens is 1. The minimum Gasteiger partial charge on any atom is -0.481 e. The van der Waals surface area contributed by atoms with Gasteiger partial charge in [0.2, 0.25) is 23.8 Å². The van der Waals surface area contributed by atoms with Crippen LogP contribution in [0.15, 0.2) is 136 Å². The fourth-order valence-corrected chi connectivity index (χ4v) is 18.2. The first kappa shape index (κ1) is 86.5. The Bertz CT molecular complexity index is 3990. The standard InChI is InChI=1S/C21H28O5.C20H24N2S2.C18H26N2O4.C15H17ClN4.C9H18N6/c1-20-7-6-13(24)8-12(20)2-3-14-15-4-5-16(18(26)10-22)21(15,11-23)9-17(25)19(14)20;1-21-9-11-22(12-10-21)18-13-15-5-3-4-6-19(15)24-20-8-7-16(23-2)14-17(18)20;1-3-12-20(13-4-2)18(24)15(10-11-16(21)22)19-17(23)14-8-6-5-7-9-14;1-2-3-8-15(9-17,10-20-12-18-11-19-20)13-4-6-14(16)7-5-13;1-13(2)7-10-8(14(3)4)12-9(11-7)15(5)6/h8,11,14-17,19,22,25H,2-7,9-10H2,1H3;3-8,14,18H,9-13H2,1-2H3;5-9,15H,3-4,10-13H2,1-2H3,(H,19,23)(H,21,22);4-7,11-12H,2-3,8,10H2,1H3;1-6H3/t14-,15-,16+,17-,19+,20-,21+;;;;/m0..../s1. The Morgan fingerprint density at radius 3 is 2.06 bits per heavy atom. The first-order valence-corrected chi connectivity index (χ1v) is 40.7. The lowest BCUT2D eigenvalue weighted by atomic mass is 9.45. The maximum absolute atomic E-state index is 12.7. The molecule has 4 aromatic carbocycles. The van der Waals surface area contributed by atoms with E-state index in [0.717, 1.165) is 94.7 Å². The Hall–Kier alpha value is -8.09. The van der Waals surface area contributed by atoms with E-state index in [9.17, 15) is 44.2 Å². The highest BCUT2D eigenvalue weighted by Gasteiger charge is 2.65. The molecule has 26 heteroatoms. The first-order chi connectivity index (χ1) is 52.2. The van der Waals surface area contributed by atoms with Crippen molar-refractivity contribution in [3.63, 3.8) is 0 Å². The van der Waals surface area contributed by atoms with Crippen molar-refractivity contribution in [2.45, 2.75) is 169 Å².